The number of Topliss-reactive ketones (excluding diaryl/α,β-unsaturated/α-hetero) is 1. The molecular formula is C14H21NO. The summed E-state index contributed by atoms with van der Waals surface area (Å²) in [5.74, 6) is 1.66. The Labute approximate surface area is 97.8 Å². The first-order valence-electron chi connectivity index (χ1n) is 6.37. The maximum atomic E-state index is 11.9. The van der Waals surface area contributed by atoms with Gasteiger partial charge in [-0.2, -0.15) is 0 Å². The second kappa shape index (κ2) is 4.52. The molecule has 1 aliphatic heterocycles. The predicted molar refractivity (Wildman–Crippen MR) is 66.7 cm³/mol. The second-order valence-electron chi connectivity index (χ2n) is 5.17. The normalized spacial score (nSPS) is 37.8. The number of nitrogens with zero attached hydrogens (tertiary/aromatic N) is 1. The second-order valence-corrected chi connectivity index (χ2v) is 5.17. The molecular weight excluding hydrogens is 198 g/mol. The zero-order valence-corrected chi connectivity index (χ0v) is 10.4. The van der Waals surface area contributed by atoms with Gasteiger partial charge in [-0.05, 0) is 31.8 Å². The fraction of sp³-hybridized carbons (Fsp3) is 0.714. The minimum atomic E-state index is 0.245. The third-order valence-electron chi connectivity index (χ3n) is 4.32. The van der Waals surface area contributed by atoms with Gasteiger partial charge < -0.3 is 0 Å². The Kier molecular flexibility index (Phi) is 3.27. The van der Waals surface area contributed by atoms with E-state index in [0.717, 1.165) is 12.8 Å². The van der Waals surface area contributed by atoms with Gasteiger partial charge in [0.15, 0.2) is 0 Å². The molecule has 0 radical (unpaired) electrons. The van der Waals surface area contributed by atoms with Crippen LogP contribution in [0, 0.1) is 17.8 Å². The highest BCUT2D eigenvalue weighted by Crippen LogP contribution is 2.41. The van der Waals surface area contributed by atoms with E-state index in [1.807, 2.05) is 13.1 Å². The molecule has 4 unspecified atom stereocenters. The van der Waals surface area contributed by atoms with E-state index in [0.29, 0.717) is 30.1 Å². The summed E-state index contributed by atoms with van der Waals surface area (Å²) in [5, 5.41) is 0. The number of allylic oxidation sites excluding steroid dienone is 1. The molecule has 4 atom stereocenters. The van der Waals surface area contributed by atoms with Gasteiger partial charge in [0.2, 0.25) is 0 Å². The number of hydrogen-bond acceptors (Lipinski definition) is 2. The largest absolute Gasteiger partial charge is 0.299 e. The van der Waals surface area contributed by atoms with Gasteiger partial charge in [0.05, 0.1) is 6.04 Å². The van der Waals surface area contributed by atoms with Gasteiger partial charge >= 0.3 is 0 Å². The van der Waals surface area contributed by atoms with Gasteiger partial charge in [0.1, 0.15) is 5.78 Å². The quantitative estimate of drug-likeness (QED) is 0.702. The first-order valence-corrected chi connectivity index (χ1v) is 6.37. The third kappa shape index (κ3) is 1.85. The molecule has 0 aromatic carbocycles. The lowest BCUT2D eigenvalue weighted by Gasteiger charge is -2.40. The summed E-state index contributed by atoms with van der Waals surface area (Å²) >= 11 is 0. The Morgan fingerprint density at radius 2 is 2.25 bits per heavy atom. The Hall–Kier alpha value is -0.920. The molecule has 1 saturated carbocycles. The van der Waals surface area contributed by atoms with Crippen LogP contribution in [0.25, 0.3) is 0 Å². The van der Waals surface area contributed by atoms with Crippen LogP contribution in [0.2, 0.25) is 0 Å². The Morgan fingerprint density at radius 3 is 2.94 bits per heavy atom. The van der Waals surface area contributed by atoms with Crippen LogP contribution in [0.15, 0.2) is 16.6 Å². The highest BCUT2D eigenvalue weighted by molar-refractivity contribution is 5.81. The molecule has 2 nitrogen and oxygen atoms in total. The molecule has 2 rings (SSSR count). The number of aliphatic imine (C=N–C) groups is 1. The molecule has 1 fully saturated rings. The zero-order valence-electron chi connectivity index (χ0n) is 10.4. The van der Waals surface area contributed by atoms with E-state index in [-0.39, 0.29) is 5.92 Å². The summed E-state index contributed by atoms with van der Waals surface area (Å²) in [6.45, 7) is 6.36. The molecule has 1 heterocycles. The highest BCUT2D eigenvalue weighted by Gasteiger charge is 2.40. The van der Waals surface area contributed by atoms with Crippen LogP contribution in [0.3, 0.4) is 0 Å². The number of carbonyl (C=O) groups excluding carboxylic acids is 1. The van der Waals surface area contributed by atoms with Gasteiger partial charge in [-0.15, -0.1) is 0 Å². The van der Waals surface area contributed by atoms with Crippen LogP contribution in [0.4, 0.5) is 0 Å². The molecule has 88 valence electrons. The minimum Gasteiger partial charge on any atom is -0.299 e. The third-order valence-corrected chi connectivity index (χ3v) is 4.32. The SMILES string of the molecule is CCC(=O)C1CCC2C(C)=CC=NC2C1C. The Bertz CT molecular complexity index is 343. The van der Waals surface area contributed by atoms with Gasteiger partial charge in [-0.1, -0.05) is 19.4 Å². The molecule has 0 bridgehead atoms. The summed E-state index contributed by atoms with van der Waals surface area (Å²) in [7, 11) is 0. The maximum absolute atomic E-state index is 11.9. The summed E-state index contributed by atoms with van der Waals surface area (Å²) in [6, 6.07) is 0.347. The fourth-order valence-corrected chi connectivity index (χ4v) is 3.23. The van der Waals surface area contributed by atoms with Crippen LogP contribution in [-0.2, 0) is 4.79 Å². The van der Waals surface area contributed by atoms with Crippen molar-refractivity contribution in [3.8, 4) is 0 Å². The van der Waals surface area contributed by atoms with Crippen molar-refractivity contribution in [2.45, 2.75) is 46.1 Å². The van der Waals surface area contributed by atoms with Crippen molar-refractivity contribution in [1.82, 2.24) is 0 Å². The number of carbonyl (C=O) groups is 1. The van der Waals surface area contributed by atoms with Crippen LogP contribution in [0.1, 0.15) is 40.0 Å². The van der Waals surface area contributed by atoms with Crippen molar-refractivity contribution in [1.29, 1.82) is 0 Å². The summed E-state index contributed by atoms with van der Waals surface area (Å²) in [6.07, 6.45) is 6.90. The zero-order chi connectivity index (χ0) is 11.7. The van der Waals surface area contributed by atoms with Crippen LogP contribution in [-0.4, -0.2) is 18.0 Å². The average Bonchev–Trinajstić information content (AvgIpc) is 2.30. The summed E-state index contributed by atoms with van der Waals surface area (Å²) in [4.78, 5) is 16.5. The number of fused-ring (bicyclic) bond motifs is 1. The minimum absolute atomic E-state index is 0.245. The van der Waals surface area contributed by atoms with E-state index < -0.39 is 0 Å². The van der Waals surface area contributed by atoms with E-state index in [9.17, 15) is 4.79 Å². The lowest BCUT2D eigenvalue weighted by molar-refractivity contribution is -0.125. The van der Waals surface area contributed by atoms with E-state index in [2.05, 4.69) is 24.9 Å². The van der Waals surface area contributed by atoms with Crippen molar-refractivity contribution >= 4 is 12.0 Å². The number of ketones is 1. The molecule has 0 spiro atoms. The van der Waals surface area contributed by atoms with E-state index >= 15 is 0 Å². The van der Waals surface area contributed by atoms with Crippen molar-refractivity contribution in [2.75, 3.05) is 0 Å². The Balaban J connectivity index is 2.16. The fourth-order valence-electron chi connectivity index (χ4n) is 3.23. The monoisotopic (exact) mass is 219 g/mol. The molecule has 2 aliphatic rings. The van der Waals surface area contributed by atoms with Gasteiger partial charge in [-0.3, -0.25) is 9.79 Å². The van der Waals surface area contributed by atoms with Crippen LogP contribution < -0.4 is 0 Å². The molecule has 1 aliphatic carbocycles. The molecule has 0 N–H and O–H groups in total. The molecule has 16 heavy (non-hydrogen) atoms. The standard InChI is InChI=1S/C14H21NO/c1-4-13(16)12-6-5-11-9(2)7-8-15-14(11)10(12)3/h7-8,10-12,14H,4-6H2,1-3H3. The molecule has 0 aromatic heterocycles. The topological polar surface area (TPSA) is 29.4 Å². The predicted octanol–water partition coefficient (Wildman–Crippen LogP) is 3.03. The smallest absolute Gasteiger partial charge is 0.136 e. The van der Waals surface area contributed by atoms with Crippen molar-refractivity contribution in [3.63, 3.8) is 0 Å². The van der Waals surface area contributed by atoms with Crippen LogP contribution >= 0.6 is 0 Å². The van der Waals surface area contributed by atoms with Crippen molar-refractivity contribution < 1.29 is 4.79 Å². The summed E-state index contributed by atoms with van der Waals surface area (Å²) < 4.78 is 0. The average molecular weight is 219 g/mol. The molecule has 0 saturated heterocycles. The molecule has 2 heteroatoms. The van der Waals surface area contributed by atoms with E-state index in [1.54, 1.807) is 0 Å². The first-order chi connectivity index (χ1) is 7.65. The Morgan fingerprint density at radius 1 is 1.50 bits per heavy atom. The maximum Gasteiger partial charge on any atom is 0.136 e. The van der Waals surface area contributed by atoms with Crippen molar-refractivity contribution in [2.24, 2.45) is 22.7 Å². The van der Waals surface area contributed by atoms with E-state index in [4.69, 9.17) is 0 Å². The number of dihydropyridines is 1. The van der Waals surface area contributed by atoms with Gasteiger partial charge in [0, 0.05) is 24.5 Å². The van der Waals surface area contributed by atoms with Crippen molar-refractivity contribution in [3.05, 3.63) is 11.6 Å². The lowest BCUT2D eigenvalue weighted by atomic mass is 9.67. The summed E-state index contributed by atoms with van der Waals surface area (Å²) in [5.41, 5.74) is 1.44. The number of rotatable bonds is 2. The molecule has 0 aromatic rings. The van der Waals surface area contributed by atoms with Crippen LogP contribution in [0.5, 0.6) is 0 Å². The number of hydrogen-bond donors (Lipinski definition) is 0. The lowest BCUT2D eigenvalue weighted by Crippen LogP contribution is -2.41. The molecule has 0 amide bonds. The first kappa shape index (κ1) is 11.6. The van der Waals surface area contributed by atoms with Gasteiger partial charge in [-0.25, -0.2) is 0 Å². The van der Waals surface area contributed by atoms with E-state index in [1.165, 1.54) is 5.57 Å². The highest BCUT2D eigenvalue weighted by atomic mass is 16.1. The van der Waals surface area contributed by atoms with Gasteiger partial charge in [0.25, 0.3) is 0 Å².